The highest BCUT2D eigenvalue weighted by Crippen LogP contribution is 2.36. The fourth-order valence-corrected chi connectivity index (χ4v) is 3.39. The Morgan fingerprint density at radius 1 is 1.67 bits per heavy atom. The van der Waals surface area contributed by atoms with Crippen molar-refractivity contribution >= 4 is 34.1 Å². The molecule has 0 saturated carbocycles. The number of nitrogen functional groups attached to an aromatic ring is 1. The molecule has 15 heavy (non-hydrogen) atoms. The van der Waals surface area contributed by atoms with E-state index in [1.165, 1.54) is 23.7 Å². The minimum Gasteiger partial charge on any atom is -0.487 e. The van der Waals surface area contributed by atoms with Gasteiger partial charge in [-0.3, -0.25) is 0 Å². The lowest BCUT2D eigenvalue weighted by Crippen LogP contribution is -2.17. The van der Waals surface area contributed by atoms with Crippen LogP contribution in [0.3, 0.4) is 0 Å². The summed E-state index contributed by atoms with van der Waals surface area (Å²) in [5.41, 5.74) is 5.73. The first-order valence-electron chi connectivity index (χ1n) is 5.03. The summed E-state index contributed by atoms with van der Waals surface area (Å²) in [7, 11) is 0. The fourth-order valence-electron chi connectivity index (χ4n) is 1.50. The molecule has 0 bridgehead atoms. The number of anilines is 2. The summed E-state index contributed by atoms with van der Waals surface area (Å²) < 4.78 is 9.57. The number of nitrogens with one attached hydrogen (secondary N) is 1. The van der Waals surface area contributed by atoms with Crippen LogP contribution in [0.5, 0.6) is 5.75 Å². The molecule has 1 saturated heterocycles. The van der Waals surface area contributed by atoms with Gasteiger partial charge in [0.05, 0.1) is 6.61 Å². The zero-order chi connectivity index (χ0) is 10.7. The number of rotatable bonds is 4. The van der Waals surface area contributed by atoms with Crippen molar-refractivity contribution in [1.82, 2.24) is 4.37 Å². The molecular formula is C9H15N3OS2. The van der Waals surface area contributed by atoms with Gasteiger partial charge in [-0.15, -0.1) is 0 Å². The Kier molecular flexibility index (Phi) is 3.58. The van der Waals surface area contributed by atoms with Crippen molar-refractivity contribution in [2.24, 2.45) is 0 Å². The first-order chi connectivity index (χ1) is 7.31. The third kappa shape index (κ3) is 2.49. The number of aromatic nitrogens is 1. The molecule has 1 aromatic rings. The molecule has 0 aliphatic carbocycles. The van der Waals surface area contributed by atoms with Crippen LogP contribution < -0.4 is 15.8 Å². The van der Waals surface area contributed by atoms with E-state index in [2.05, 4.69) is 9.69 Å². The van der Waals surface area contributed by atoms with E-state index >= 15 is 0 Å². The van der Waals surface area contributed by atoms with Crippen molar-refractivity contribution in [3.05, 3.63) is 0 Å². The van der Waals surface area contributed by atoms with Crippen molar-refractivity contribution in [1.29, 1.82) is 0 Å². The summed E-state index contributed by atoms with van der Waals surface area (Å²) in [6.45, 7) is 2.57. The Bertz CT molecular complexity index is 323. The molecule has 2 rings (SSSR count). The van der Waals surface area contributed by atoms with Crippen LogP contribution in [0.15, 0.2) is 0 Å². The number of hydrogen-bond donors (Lipinski definition) is 2. The minimum atomic E-state index is 0.495. The highest BCUT2D eigenvalue weighted by atomic mass is 32.2. The summed E-state index contributed by atoms with van der Waals surface area (Å²) in [5.74, 6) is 3.61. The van der Waals surface area contributed by atoms with Crippen molar-refractivity contribution in [3.63, 3.8) is 0 Å². The molecule has 1 fully saturated rings. The maximum absolute atomic E-state index is 5.73. The van der Waals surface area contributed by atoms with E-state index in [4.69, 9.17) is 10.5 Å². The summed E-state index contributed by atoms with van der Waals surface area (Å²) in [5, 5.41) is 4.42. The smallest absolute Gasteiger partial charge is 0.197 e. The standard InChI is InChI=1S/C9H15N3OS2/c1-2-13-7-8(10)12-15-9(7)11-6-3-4-14-5-6/h6,11H,2-5H2,1H3,(H2,10,12). The quantitative estimate of drug-likeness (QED) is 0.850. The fraction of sp³-hybridized carbons (Fsp3) is 0.667. The predicted molar refractivity (Wildman–Crippen MR) is 67.0 cm³/mol. The molecule has 6 heteroatoms. The molecule has 4 nitrogen and oxygen atoms in total. The van der Waals surface area contributed by atoms with Crippen LogP contribution in [-0.4, -0.2) is 28.5 Å². The normalized spacial score (nSPS) is 20.5. The van der Waals surface area contributed by atoms with Gasteiger partial charge in [0.15, 0.2) is 16.6 Å². The van der Waals surface area contributed by atoms with E-state index < -0.39 is 0 Å². The molecule has 1 aromatic heterocycles. The molecule has 0 spiro atoms. The van der Waals surface area contributed by atoms with E-state index in [0.717, 1.165) is 16.5 Å². The van der Waals surface area contributed by atoms with Gasteiger partial charge in [0, 0.05) is 11.8 Å². The third-order valence-electron chi connectivity index (χ3n) is 2.23. The van der Waals surface area contributed by atoms with E-state index in [1.54, 1.807) is 0 Å². The SMILES string of the molecule is CCOc1c(N)nsc1NC1CCSC1. The van der Waals surface area contributed by atoms with Crippen molar-refractivity contribution < 1.29 is 4.74 Å². The van der Waals surface area contributed by atoms with Crippen LogP contribution in [0.4, 0.5) is 10.8 Å². The highest BCUT2D eigenvalue weighted by molar-refractivity contribution is 7.99. The number of nitrogens with two attached hydrogens (primary N) is 1. The zero-order valence-electron chi connectivity index (χ0n) is 8.66. The Morgan fingerprint density at radius 3 is 3.20 bits per heavy atom. The Balaban J connectivity index is 2.05. The lowest BCUT2D eigenvalue weighted by atomic mass is 10.3. The zero-order valence-corrected chi connectivity index (χ0v) is 10.3. The topological polar surface area (TPSA) is 60.2 Å². The van der Waals surface area contributed by atoms with Gasteiger partial charge in [-0.1, -0.05) is 0 Å². The average molecular weight is 245 g/mol. The molecule has 2 heterocycles. The van der Waals surface area contributed by atoms with Crippen molar-refractivity contribution in [3.8, 4) is 5.75 Å². The Hall–Kier alpha value is -0.620. The molecule has 1 aliphatic rings. The average Bonchev–Trinajstić information content (AvgIpc) is 2.83. The van der Waals surface area contributed by atoms with Gasteiger partial charge in [-0.25, -0.2) is 0 Å². The molecule has 3 N–H and O–H groups in total. The predicted octanol–water partition coefficient (Wildman–Crippen LogP) is 2.04. The number of thioether (sulfide) groups is 1. The monoisotopic (exact) mass is 245 g/mol. The maximum atomic E-state index is 5.73. The molecule has 1 aliphatic heterocycles. The van der Waals surface area contributed by atoms with Gasteiger partial charge in [0.25, 0.3) is 0 Å². The molecule has 1 atom stereocenters. The van der Waals surface area contributed by atoms with Gasteiger partial charge in [-0.05, 0) is 30.6 Å². The lowest BCUT2D eigenvalue weighted by Gasteiger charge is -2.12. The summed E-state index contributed by atoms with van der Waals surface area (Å²) >= 11 is 3.36. The molecular weight excluding hydrogens is 230 g/mol. The van der Waals surface area contributed by atoms with Crippen LogP contribution in [0, 0.1) is 0 Å². The first-order valence-corrected chi connectivity index (χ1v) is 6.96. The van der Waals surface area contributed by atoms with E-state index in [-0.39, 0.29) is 0 Å². The number of ether oxygens (including phenoxy) is 1. The molecule has 0 radical (unpaired) electrons. The molecule has 0 aromatic carbocycles. The van der Waals surface area contributed by atoms with Crippen molar-refractivity contribution in [2.45, 2.75) is 19.4 Å². The maximum Gasteiger partial charge on any atom is 0.197 e. The second-order valence-electron chi connectivity index (χ2n) is 3.36. The Labute approximate surface area is 97.7 Å². The number of hydrogen-bond acceptors (Lipinski definition) is 6. The first kappa shape index (κ1) is 10.9. The second kappa shape index (κ2) is 4.94. The van der Waals surface area contributed by atoms with Crippen LogP contribution >= 0.6 is 23.3 Å². The van der Waals surface area contributed by atoms with Gasteiger partial charge in [-0.2, -0.15) is 16.1 Å². The van der Waals surface area contributed by atoms with Crippen LogP contribution in [-0.2, 0) is 0 Å². The van der Waals surface area contributed by atoms with Gasteiger partial charge < -0.3 is 15.8 Å². The Morgan fingerprint density at radius 2 is 2.53 bits per heavy atom. The summed E-state index contributed by atoms with van der Waals surface area (Å²) in [4.78, 5) is 0. The highest BCUT2D eigenvalue weighted by Gasteiger charge is 2.19. The van der Waals surface area contributed by atoms with Crippen LogP contribution in [0.1, 0.15) is 13.3 Å². The van der Waals surface area contributed by atoms with Gasteiger partial charge in [0.1, 0.15) is 0 Å². The molecule has 1 unspecified atom stereocenters. The van der Waals surface area contributed by atoms with Crippen LogP contribution in [0.25, 0.3) is 0 Å². The second-order valence-corrected chi connectivity index (χ2v) is 5.29. The van der Waals surface area contributed by atoms with Gasteiger partial charge >= 0.3 is 0 Å². The minimum absolute atomic E-state index is 0.495. The number of nitrogens with zero attached hydrogens (tertiary/aromatic N) is 1. The lowest BCUT2D eigenvalue weighted by molar-refractivity contribution is 0.344. The van der Waals surface area contributed by atoms with E-state index in [9.17, 15) is 0 Å². The summed E-state index contributed by atoms with van der Waals surface area (Å²) in [6, 6.07) is 0.536. The molecule has 0 amide bonds. The third-order valence-corrected chi connectivity index (χ3v) is 4.16. The largest absolute Gasteiger partial charge is 0.487 e. The summed E-state index contributed by atoms with van der Waals surface area (Å²) in [6.07, 6.45) is 1.20. The van der Waals surface area contributed by atoms with Crippen LogP contribution in [0.2, 0.25) is 0 Å². The van der Waals surface area contributed by atoms with E-state index in [1.807, 2.05) is 18.7 Å². The van der Waals surface area contributed by atoms with Crippen molar-refractivity contribution in [2.75, 3.05) is 29.2 Å². The van der Waals surface area contributed by atoms with Gasteiger partial charge in [0.2, 0.25) is 0 Å². The molecule has 84 valence electrons. The van der Waals surface area contributed by atoms with E-state index in [0.29, 0.717) is 18.5 Å².